The van der Waals surface area contributed by atoms with E-state index in [0.29, 0.717) is 5.69 Å². The van der Waals surface area contributed by atoms with Crippen LogP contribution in [0, 0.1) is 0 Å². The zero-order chi connectivity index (χ0) is 11.9. The lowest BCUT2D eigenvalue weighted by molar-refractivity contribution is 0.111. The number of nitrogens with zero attached hydrogens (tertiary/aromatic N) is 2. The van der Waals surface area contributed by atoms with Crippen molar-refractivity contribution in [3.63, 3.8) is 0 Å². The molecule has 1 heterocycles. The summed E-state index contributed by atoms with van der Waals surface area (Å²) in [7, 11) is 0.295. The first-order valence-electron chi connectivity index (χ1n) is 5.19. The van der Waals surface area contributed by atoms with E-state index in [2.05, 4.69) is 38.8 Å². The lowest BCUT2D eigenvalue weighted by Gasteiger charge is -2.35. The van der Waals surface area contributed by atoms with Gasteiger partial charge < -0.3 is 4.57 Å². The Morgan fingerprint density at radius 2 is 1.93 bits per heavy atom. The molecule has 4 heteroatoms. The van der Waals surface area contributed by atoms with E-state index in [4.69, 9.17) is 0 Å². The number of imidazole rings is 1. The average Bonchev–Trinajstić information content (AvgIpc) is 2.44. The molecular formula is C11H20N2OSi. The predicted molar refractivity (Wildman–Crippen MR) is 65.4 cm³/mol. The van der Waals surface area contributed by atoms with E-state index < -0.39 is 8.07 Å². The van der Waals surface area contributed by atoms with E-state index in [1.165, 1.54) is 0 Å². The molecule has 0 bridgehead atoms. The van der Waals surface area contributed by atoms with E-state index in [-0.39, 0.29) is 5.04 Å². The summed E-state index contributed by atoms with van der Waals surface area (Å²) in [5, 5.41) is 0.242. The van der Waals surface area contributed by atoms with Gasteiger partial charge in [-0.2, -0.15) is 0 Å². The highest BCUT2D eigenvalue weighted by atomic mass is 28.3. The van der Waals surface area contributed by atoms with Crippen LogP contribution < -0.4 is 5.45 Å². The Labute approximate surface area is 92.5 Å². The number of rotatable bonds is 2. The standard InChI is InChI=1S/C11H20N2OSi/c1-11(2,3)15(5,6)10-12-7-9(8-14)13(10)4/h7-8H,1-6H3. The fraction of sp³-hybridized carbons (Fsp3) is 0.636. The van der Waals surface area contributed by atoms with Crippen LogP contribution in [0.4, 0.5) is 0 Å². The third-order valence-corrected chi connectivity index (χ3v) is 8.91. The highest BCUT2D eigenvalue weighted by Crippen LogP contribution is 2.35. The molecule has 0 saturated heterocycles. The molecule has 0 atom stereocenters. The molecule has 0 N–H and O–H groups in total. The highest BCUT2D eigenvalue weighted by molar-refractivity contribution is 6.91. The second-order valence-electron chi connectivity index (χ2n) is 5.56. The Hall–Kier alpha value is -0.903. The molecule has 0 radical (unpaired) electrons. The summed E-state index contributed by atoms with van der Waals surface area (Å²) in [6.07, 6.45) is 2.53. The van der Waals surface area contributed by atoms with Crippen molar-refractivity contribution in [2.75, 3.05) is 0 Å². The first kappa shape index (κ1) is 12.2. The summed E-state index contributed by atoms with van der Waals surface area (Å²) < 4.78 is 1.93. The number of carbonyl (C=O) groups excluding carboxylic acids is 1. The molecule has 0 fully saturated rings. The van der Waals surface area contributed by atoms with Gasteiger partial charge in [0.1, 0.15) is 13.8 Å². The lowest BCUT2D eigenvalue weighted by atomic mass is 10.2. The van der Waals surface area contributed by atoms with Crippen LogP contribution in [0.15, 0.2) is 6.20 Å². The van der Waals surface area contributed by atoms with Crippen LogP contribution in [0.3, 0.4) is 0 Å². The molecule has 84 valence electrons. The fourth-order valence-electron chi connectivity index (χ4n) is 1.45. The van der Waals surface area contributed by atoms with Crippen molar-refractivity contribution in [2.24, 2.45) is 7.05 Å². The molecule has 0 unspecified atom stereocenters. The molecule has 0 aliphatic rings. The van der Waals surface area contributed by atoms with Crippen molar-refractivity contribution in [1.82, 2.24) is 9.55 Å². The van der Waals surface area contributed by atoms with E-state index in [1.54, 1.807) is 6.20 Å². The normalized spacial score (nSPS) is 12.9. The molecular weight excluding hydrogens is 204 g/mol. The minimum absolute atomic E-state index is 0.242. The zero-order valence-corrected chi connectivity index (χ0v) is 11.5. The van der Waals surface area contributed by atoms with Gasteiger partial charge in [0, 0.05) is 7.05 Å². The Balaban J connectivity index is 3.27. The maximum absolute atomic E-state index is 10.8. The Morgan fingerprint density at radius 3 is 2.27 bits per heavy atom. The van der Waals surface area contributed by atoms with Crippen molar-refractivity contribution in [3.8, 4) is 0 Å². The second kappa shape index (κ2) is 3.59. The largest absolute Gasteiger partial charge is 0.333 e. The van der Waals surface area contributed by atoms with Crippen LogP contribution in [0.1, 0.15) is 31.3 Å². The third-order valence-electron chi connectivity index (χ3n) is 3.58. The van der Waals surface area contributed by atoms with Crippen LogP contribution >= 0.6 is 0 Å². The van der Waals surface area contributed by atoms with Crippen LogP contribution in [0.5, 0.6) is 0 Å². The minimum Gasteiger partial charge on any atom is -0.333 e. The molecule has 0 amide bonds. The van der Waals surface area contributed by atoms with E-state index >= 15 is 0 Å². The van der Waals surface area contributed by atoms with Crippen LogP contribution in [0.2, 0.25) is 18.1 Å². The van der Waals surface area contributed by atoms with Gasteiger partial charge >= 0.3 is 0 Å². The molecule has 1 aromatic heterocycles. The van der Waals surface area contributed by atoms with Gasteiger partial charge in [-0.1, -0.05) is 33.9 Å². The quantitative estimate of drug-likeness (QED) is 0.568. The first-order valence-corrected chi connectivity index (χ1v) is 8.19. The summed E-state index contributed by atoms with van der Waals surface area (Å²) in [6, 6.07) is 0. The smallest absolute Gasteiger partial charge is 0.168 e. The van der Waals surface area contributed by atoms with Crippen molar-refractivity contribution in [3.05, 3.63) is 11.9 Å². The number of hydrogen-bond donors (Lipinski definition) is 0. The monoisotopic (exact) mass is 224 g/mol. The van der Waals surface area contributed by atoms with Crippen molar-refractivity contribution >= 4 is 19.8 Å². The molecule has 1 aromatic rings. The second-order valence-corrected chi connectivity index (χ2v) is 10.8. The summed E-state index contributed by atoms with van der Waals surface area (Å²) in [5.74, 6) is 0. The van der Waals surface area contributed by atoms with Crippen molar-refractivity contribution in [2.45, 2.75) is 38.9 Å². The maximum atomic E-state index is 10.8. The fourth-order valence-corrected chi connectivity index (χ4v) is 3.47. The Kier molecular flexibility index (Phi) is 2.91. The SMILES string of the molecule is Cn1c(C=O)cnc1[Si](C)(C)C(C)(C)C. The van der Waals surface area contributed by atoms with Gasteiger partial charge in [-0.25, -0.2) is 4.98 Å². The summed E-state index contributed by atoms with van der Waals surface area (Å²) in [6.45, 7) is 11.3. The Bertz CT molecular complexity index is 374. The van der Waals surface area contributed by atoms with Crippen LogP contribution in [-0.2, 0) is 7.05 Å². The van der Waals surface area contributed by atoms with Gasteiger partial charge in [-0.3, -0.25) is 4.79 Å². The first-order chi connectivity index (χ1) is 6.71. The Morgan fingerprint density at radius 1 is 1.40 bits per heavy atom. The summed E-state index contributed by atoms with van der Waals surface area (Å²) in [5.41, 5.74) is 1.76. The molecule has 3 nitrogen and oxygen atoms in total. The molecule has 0 aliphatic carbocycles. The lowest BCUT2D eigenvalue weighted by Crippen LogP contribution is -2.53. The van der Waals surface area contributed by atoms with Gasteiger partial charge in [-0.15, -0.1) is 0 Å². The van der Waals surface area contributed by atoms with Crippen molar-refractivity contribution < 1.29 is 4.79 Å². The van der Waals surface area contributed by atoms with Gasteiger partial charge in [0.25, 0.3) is 0 Å². The summed E-state index contributed by atoms with van der Waals surface area (Å²) >= 11 is 0. The molecule has 0 aliphatic heterocycles. The maximum Gasteiger partial charge on any atom is 0.168 e. The van der Waals surface area contributed by atoms with Gasteiger partial charge in [0.2, 0.25) is 0 Å². The predicted octanol–water partition coefficient (Wildman–Crippen LogP) is 1.95. The molecule has 0 aromatic carbocycles. The van der Waals surface area contributed by atoms with E-state index in [0.717, 1.165) is 11.7 Å². The highest BCUT2D eigenvalue weighted by Gasteiger charge is 2.40. The molecule has 0 spiro atoms. The number of aldehydes is 1. The average molecular weight is 224 g/mol. The number of carbonyl (C=O) groups is 1. The summed E-state index contributed by atoms with van der Waals surface area (Å²) in [4.78, 5) is 15.2. The topological polar surface area (TPSA) is 34.9 Å². The zero-order valence-electron chi connectivity index (χ0n) is 10.5. The van der Waals surface area contributed by atoms with Crippen molar-refractivity contribution in [1.29, 1.82) is 0 Å². The molecule has 1 rings (SSSR count). The van der Waals surface area contributed by atoms with Gasteiger partial charge in [-0.05, 0) is 5.04 Å². The van der Waals surface area contributed by atoms with Crippen LogP contribution in [-0.4, -0.2) is 23.9 Å². The minimum atomic E-state index is -1.63. The molecule has 15 heavy (non-hydrogen) atoms. The number of hydrogen-bond acceptors (Lipinski definition) is 2. The van der Waals surface area contributed by atoms with Gasteiger partial charge in [0.15, 0.2) is 6.29 Å². The van der Waals surface area contributed by atoms with Crippen LogP contribution in [0.25, 0.3) is 0 Å². The number of aromatic nitrogens is 2. The third kappa shape index (κ3) is 1.90. The van der Waals surface area contributed by atoms with Gasteiger partial charge in [0.05, 0.1) is 11.6 Å². The van der Waals surface area contributed by atoms with E-state index in [1.807, 2.05) is 11.6 Å². The van der Waals surface area contributed by atoms with E-state index in [9.17, 15) is 4.79 Å². The molecule has 0 saturated carbocycles.